The van der Waals surface area contributed by atoms with Gasteiger partial charge in [0, 0.05) is 37.4 Å². The molecule has 0 N–H and O–H groups in total. The lowest BCUT2D eigenvalue weighted by Crippen LogP contribution is -2.33. The molecule has 0 spiro atoms. The van der Waals surface area contributed by atoms with E-state index >= 15 is 0 Å². The third-order valence-corrected chi connectivity index (χ3v) is 5.30. The molecule has 1 fully saturated rings. The van der Waals surface area contributed by atoms with E-state index in [1.807, 2.05) is 26.8 Å². The van der Waals surface area contributed by atoms with Crippen LogP contribution in [0, 0.1) is 5.82 Å². The van der Waals surface area contributed by atoms with Gasteiger partial charge in [-0.05, 0) is 74.6 Å². The van der Waals surface area contributed by atoms with Gasteiger partial charge >= 0.3 is 6.09 Å². The summed E-state index contributed by atoms with van der Waals surface area (Å²) >= 11 is 0. The van der Waals surface area contributed by atoms with Crippen LogP contribution < -0.4 is 4.90 Å². The van der Waals surface area contributed by atoms with Crippen LogP contribution in [0.15, 0.2) is 36.4 Å². The van der Waals surface area contributed by atoms with Crippen molar-refractivity contribution in [1.29, 1.82) is 0 Å². The highest BCUT2D eigenvalue weighted by atomic mass is 19.1. The van der Waals surface area contributed by atoms with Crippen molar-refractivity contribution in [2.45, 2.75) is 52.3 Å². The SMILES string of the molecule is CC(C)(C)OC(=O)N1Cc2ccc(-c3ccc(F)cc3N3CCCC3)cc2C1. The highest BCUT2D eigenvalue weighted by Crippen LogP contribution is 2.36. The van der Waals surface area contributed by atoms with Gasteiger partial charge in [-0.2, -0.15) is 0 Å². The van der Waals surface area contributed by atoms with E-state index in [9.17, 15) is 9.18 Å². The molecule has 2 aliphatic heterocycles. The maximum atomic E-state index is 13.9. The molecule has 2 aromatic carbocycles. The zero-order valence-electron chi connectivity index (χ0n) is 16.8. The van der Waals surface area contributed by atoms with Gasteiger partial charge in [0.1, 0.15) is 11.4 Å². The summed E-state index contributed by atoms with van der Waals surface area (Å²) in [5.41, 5.74) is 4.82. The Bertz CT molecular complexity index is 898. The van der Waals surface area contributed by atoms with Crippen molar-refractivity contribution in [3.8, 4) is 11.1 Å². The number of benzene rings is 2. The summed E-state index contributed by atoms with van der Waals surface area (Å²) in [4.78, 5) is 16.4. The lowest BCUT2D eigenvalue weighted by Gasteiger charge is -2.24. The number of anilines is 1. The fraction of sp³-hybridized carbons (Fsp3) is 0.435. The van der Waals surface area contributed by atoms with Crippen molar-refractivity contribution in [3.63, 3.8) is 0 Å². The molecule has 4 rings (SSSR count). The van der Waals surface area contributed by atoms with Crippen LogP contribution in [-0.4, -0.2) is 29.7 Å². The van der Waals surface area contributed by atoms with Gasteiger partial charge < -0.3 is 9.64 Å². The van der Waals surface area contributed by atoms with Gasteiger partial charge in [-0.15, -0.1) is 0 Å². The van der Waals surface area contributed by atoms with E-state index in [0.717, 1.165) is 53.9 Å². The summed E-state index contributed by atoms with van der Waals surface area (Å²) in [5.74, 6) is -0.206. The van der Waals surface area contributed by atoms with Gasteiger partial charge in [0.2, 0.25) is 0 Å². The molecular formula is C23H27FN2O2. The lowest BCUT2D eigenvalue weighted by molar-refractivity contribution is 0.0242. The first-order chi connectivity index (χ1) is 13.3. The van der Waals surface area contributed by atoms with E-state index < -0.39 is 5.60 Å². The molecule has 0 aromatic heterocycles. The first-order valence-electron chi connectivity index (χ1n) is 9.95. The number of carbonyl (C=O) groups excluding carboxylic acids is 1. The van der Waals surface area contributed by atoms with E-state index in [0.29, 0.717) is 13.1 Å². The summed E-state index contributed by atoms with van der Waals surface area (Å²) in [6.07, 6.45) is 2.00. The highest BCUT2D eigenvalue weighted by molar-refractivity contribution is 5.80. The van der Waals surface area contributed by atoms with Crippen LogP contribution in [0.3, 0.4) is 0 Å². The summed E-state index contributed by atoms with van der Waals surface area (Å²) < 4.78 is 19.4. The van der Waals surface area contributed by atoms with Crippen molar-refractivity contribution in [2.75, 3.05) is 18.0 Å². The van der Waals surface area contributed by atoms with Gasteiger partial charge in [-0.1, -0.05) is 12.1 Å². The molecule has 0 saturated carbocycles. The number of ether oxygens (including phenoxy) is 1. The molecule has 0 unspecified atom stereocenters. The van der Waals surface area contributed by atoms with Gasteiger partial charge in [-0.25, -0.2) is 9.18 Å². The summed E-state index contributed by atoms with van der Waals surface area (Å²) in [6.45, 7) is 8.66. The first-order valence-corrected chi connectivity index (χ1v) is 9.95. The van der Waals surface area contributed by atoms with Crippen LogP contribution in [0.1, 0.15) is 44.7 Å². The van der Waals surface area contributed by atoms with Crippen molar-refractivity contribution in [2.24, 2.45) is 0 Å². The zero-order valence-corrected chi connectivity index (χ0v) is 16.8. The molecule has 0 bridgehead atoms. The van der Waals surface area contributed by atoms with Gasteiger partial charge in [0.25, 0.3) is 0 Å². The van der Waals surface area contributed by atoms with Crippen LogP contribution in [0.2, 0.25) is 0 Å². The van der Waals surface area contributed by atoms with Crippen molar-refractivity contribution >= 4 is 11.8 Å². The Morgan fingerprint density at radius 1 is 1.00 bits per heavy atom. The zero-order chi connectivity index (χ0) is 19.9. The number of rotatable bonds is 2. The Morgan fingerprint density at radius 2 is 1.71 bits per heavy atom. The topological polar surface area (TPSA) is 32.8 Å². The highest BCUT2D eigenvalue weighted by Gasteiger charge is 2.28. The Labute approximate surface area is 165 Å². The number of carbonyl (C=O) groups is 1. The Balaban J connectivity index is 1.61. The number of nitrogens with zero attached hydrogens (tertiary/aromatic N) is 2. The molecule has 0 radical (unpaired) electrons. The molecule has 148 valence electrons. The van der Waals surface area contributed by atoms with Crippen LogP contribution >= 0.6 is 0 Å². The van der Waals surface area contributed by atoms with Gasteiger partial charge in [-0.3, -0.25) is 4.90 Å². The Kier molecular flexibility index (Phi) is 4.77. The fourth-order valence-corrected chi connectivity index (χ4v) is 3.99. The summed E-state index contributed by atoms with van der Waals surface area (Å²) in [7, 11) is 0. The molecule has 0 atom stereocenters. The second kappa shape index (κ2) is 7.12. The molecule has 4 nitrogen and oxygen atoms in total. The maximum absolute atomic E-state index is 13.9. The quantitative estimate of drug-likeness (QED) is 0.702. The summed E-state index contributed by atoms with van der Waals surface area (Å²) in [5, 5.41) is 0. The third kappa shape index (κ3) is 3.84. The summed E-state index contributed by atoms with van der Waals surface area (Å²) in [6, 6.07) is 11.3. The maximum Gasteiger partial charge on any atom is 0.410 e. The van der Waals surface area contributed by atoms with E-state index in [-0.39, 0.29) is 11.9 Å². The van der Waals surface area contributed by atoms with Crippen LogP contribution in [0.25, 0.3) is 11.1 Å². The average molecular weight is 382 g/mol. The number of hydrogen-bond donors (Lipinski definition) is 0. The number of hydrogen-bond acceptors (Lipinski definition) is 3. The van der Waals surface area contributed by atoms with Crippen LogP contribution in [0.5, 0.6) is 0 Å². The molecule has 2 heterocycles. The third-order valence-electron chi connectivity index (χ3n) is 5.30. The minimum absolute atomic E-state index is 0.206. The fourth-order valence-electron chi connectivity index (χ4n) is 3.99. The van der Waals surface area contributed by atoms with E-state index in [1.165, 1.54) is 6.07 Å². The smallest absolute Gasteiger partial charge is 0.410 e. The molecule has 28 heavy (non-hydrogen) atoms. The van der Waals surface area contributed by atoms with Crippen molar-refractivity contribution < 1.29 is 13.9 Å². The van der Waals surface area contributed by atoms with Gasteiger partial charge in [0.15, 0.2) is 0 Å². The van der Waals surface area contributed by atoms with Crippen LogP contribution in [-0.2, 0) is 17.8 Å². The van der Waals surface area contributed by atoms with E-state index in [2.05, 4.69) is 23.1 Å². The largest absolute Gasteiger partial charge is 0.444 e. The van der Waals surface area contributed by atoms with Crippen molar-refractivity contribution in [3.05, 3.63) is 53.3 Å². The standard InChI is InChI=1S/C23H27FN2O2/c1-23(2,3)28-22(27)26-14-17-7-6-16(12-18(17)15-26)20-9-8-19(24)13-21(20)25-10-4-5-11-25/h6-9,12-13H,4-5,10-11,14-15H2,1-3H3. The van der Waals surface area contributed by atoms with Crippen molar-refractivity contribution in [1.82, 2.24) is 4.90 Å². The lowest BCUT2D eigenvalue weighted by atomic mass is 9.98. The van der Waals surface area contributed by atoms with Gasteiger partial charge in [0.05, 0.1) is 0 Å². The number of fused-ring (bicyclic) bond motifs is 1. The molecule has 2 aliphatic rings. The molecule has 2 aromatic rings. The second-order valence-electron chi connectivity index (χ2n) is 8.68. The van der Waals surface area contributed by atoms with E-state index in [4.69, 9.17) is 4.74 Å². The molecular weight excluding hydrogens is 355 g/mol. The minimum Gasteiger partial charge on any atom is -0.444 e. The normalized spacial score (nSPS) is 16.4. The molecule has 1 amide bonds. The van der Waals surface area contributed by atoms with E-state index in [1.54, 1.807) is 11.0 Å². The molecule has 1 saturated heterocycles. The molecule has 0 aliphatic carbocycles. The minimum atomic E-state index is -0.504. The molecule has 5 heteroatoms. The predicted molar refractivity (Wildman–Crippen MR) is 109 cm³/mol. The monoisotopic (exact) mass is 382 g/mol. The predicted octanol–water partition coefficient (Wildman–Crippen LogP) is 5.34. The van der Waals surface area contributed by atoms with Crippen LogP contribution in [0.4, 0.5) is 14.9 Å². The Hall–Kier alpha value is -2.56. The first kappa shape index (κ1) is 18.8. The average Bonchev–Trinajstić information content (AvgIpc) is 3.29. The Morgan fingerprint density at radius 3 is 2.43 bits per heavy atom. The number of amides is 1. The number of halogens is 1. The second-order valence-corrected chi connectivity index (χ2v) is 8.68.